The van der Waals surface area contributed by atoms with Crippen LogP contribution in [0.3, 0.4) is 0 Å². The zero-order valence-corrected chi connectivity index (χ0v) is 10.9. The van der Waals surface area contributed by atoms with E-state index in [1.54, 1.807) is 12.1 Å². The Morgan fingerprint density at radius 1 is 1.11 bits per heavy atom. The number of anilines is 3. The largest absolute Gasteiger partial charge is 0.370 e. The van der Waals surface area contributed by atoms with E-state index in [2.05, 4.69) is 28.6 Å². The SMILES string of the molecule is CCCNc1cccc(Nc2ccc(C#N)cc2)n1. The normalized spacial score (nSPS) is 9.68. The van der Waals surface area contributed by atoms with Crippen molar-refractivity contribution in [1.82, 2.24) is 4.98 Å². The Labute approximate surface area is 113 Å². The second-order valence-electron chi connectivity index (χ2n) is 4.15. The smallest absolute Gasteiger partial charge is 0.132 e. The van der Waals surface area contributed by atoms with Gasteiger partial charge < -0.3 is 10.6 Å². The molecule has 0 unspecified atom stereocenters. The maximum Gasteiger partial charge on any atom is 0.132 e. The minimum atomic E-state index is 0.650. The fraction of sp³-hybridized carbons (Fsp3) is 0.200. The molecule has 0 saturated carbocycles. The molecule has 1 aromatic heterocycles. The number of hydrogen-bond acceptors (Lipinski definition) is 4. The average Bonchev–Trinajstić information content (AvgIpc) is 2.46. The molecule has 0 radical (unpaired) electrons. The van der Waals surface area contributed by atoms with Crippen molar-refractivity contribution in [3.63, 3.8) is 0 Å². The van der Waals surface area contributed by atoms with Gasteiger partial charge in [0.05, 0.1) is 11.6 Å². The summed E-state index contributed by atoms with van der Waals surface area (Å²) in [4.78, 5) is 4.46. The van der Waals surface area contributed by atoms with Crippen LogP contribution < -0.4 is 10.6 Å². The van der Waals surface area contributed by atoms with Gasteiger partial charge in [0.2, 0.25) is 0 Å². The van der Waals surface area contributed by atoms with E-state index in [4.69, 9.17) is 5.26 Å². The summed E-state index contributed by atoms with van der Waals surface area (Å²) < 4.78 is 0. The Morgan fingerprint density at radius 2 is 1.84 bits per heavy atom. The van der Waals surface area contributed by atoms with E-state index in [1.165, 1.54) is 0 Å². The highest BCUT2D eigenvalue weighted by Crippen LogP contribution is 2.16. The van der Waals surface area contributed by atoms with E-state index in [9.17, 15) is 0 Å². The number of rotatable bonds is 5. The lowest BCUT2D eigenvalue weighted by Gasteiger charge is -2.08. The molecule has 0 aliphatic rings. The van der Waals surface area contributed by atoms with E-state index in [1.807, 2.05) is 30.3 Å². The Morgan fingerprint density at radius 3 is 2.53 bits per heavy atom. The van der Waals surface area contributed by atoms with Crippen LogP contribution in [0.2, 0.25) is 0 Å². The summed E-state index contributed by atoms with van der Waals surface area (Å²) in [7, 11) is 0. The summed E-state index contributed by atoms with van der Waals surface area (Å²) >= 11 is 0. The standard InChI is InChI=1S/C15H16N4/c1-2-10-17-14-4-3-5-15(19-14)18-13-8-6-12(11-16)7-9-13/h3-9H,2,10H2,1H3,(H2,17,18,19). The molecule has 0 spiro atoms. The van der Waals surface area contributed by atoms with Crippen molar-refractivity contribution in [2.75, 3.05) is 17.2 Å². The van der Waals surface area contributed by atoms with Crippen molar-refractivity contribution >= 4 is 17.3 Å². The molecular weight excluding hydrogens is 236 g/mol. The third kappa shape index (κ3) is 3.71. The number of nitrogens with one attached hydrogen (secondary N) is 2. The van der Waals surface area contributed by atoms with Crippen molar-refractivity contribution < 1.29 is 0 Å². The lowest BCUT2D eigenvalue weighted by molar-refractivity contribution is 0.970. The fourth-order valence-corrected chi connectivity index (χ4v) is 1.63. The van der Waals surface area contributed by atoms with Gasteiger partial charge in [0.1, 0.15) is 11.6 Å². The molecule has 2 aromatic rings. The number of pyridine rings is 1. The topological polar surface area (TPSA) is 60.7 Å². The minimum absolute atomic E-state index is 0.650. The number of hydrogen-bond donors (Lipinski definition) is 2. The highest BCUT2D eigenvalue weighted by molar-refractivity contribution is 5.59. The summed E-state index contributed by atoms with van der Waals surface area (Å²) in [6.07, 6.45) is 1.06. The molecule has 4 heteroatoms. The van der Waals surface area contributed by atoms with Crippen molar-refractivity contribution in [2.24, 2.45) is 0 Å². The Bertz CT molecular complexity index is 569. The molecule has 0 atom stereocenters. The molecule has 0 fully saturated rings. The van der Waals surface area contributed by atoms with Gasteiger partial charge in [-0.1, -0.05) is 13.0 Å². The third-order valence-corrected chi connectivity index (χ3v) is 2.59. The highest BCUT2D eigenvalue weighted by Gasteiger charge is 1.98. The predicted octanol–water partition coefficient (Wildman–Crippen LogP) is 3.52. The average molecular weight is 252 g/mol. The third-order valence-electron chi connectivity index (χ3n) is 2.59. The van der Waals surface area contributed by atoms with Crippen LogP contribution in [-0.4, -0.2) is 11.5 Å². The molecule has 0 bridgehead atoms. The fourth-order valence-electron chi connectivity index (χ4n) is 1.63. The molecule has 4 nitrogen and oxygen atoms in total. The Kier molecular flexibility index (Phi) is 4.35. The van der Waals surface area contributed by atoms with Crippen LogP contribution in [0.1, 0.15) is 18.9 Å². The van der Waals surface area contributed by atoms with Crippen LogP contribution in [0.4, 0.5) is 17.3 Å². The van der Waals surface area contributed by atoms with Gasteiger partial charge in [-0.2, -0.15) is 5.26 Å². The Hall–Kier alpha value is -2.54. The molecule has 2 rings (SSSR count). The predicted molar refractivity (Wildman–Crippen MR) is 77.5 cm³/mol. The van der Waals surface area contributed by atoms with Gasteiger partial charge in [-0.25, -0.2) is 4.98 Å². The number of nitriles is 1. The summed E-state index contributed by atoms with van der Waals surface area (Å²) in [5.74, 6) is 1.64. The van der Waals surface area contributed by atoms with Crippen LogP contribution in [0.5, 0.6) is 0 Å². The van der Waals surface area contributed by atoms with Gasteiger partial charge in [0, 0.05) is 12.2 Å². The zero-order valence-electron chi connectivity index (χ0n) is 10.9. The molecule has 0 aliphatic carbocycles. The summed E-state index contributed by atoms with van der Waals surface area (Å²) in [5.41, 5.74) is 1.57. The van der Waals surface area contributed by atoms with Gasteiger partial charge >= 0.3 is 0 Å². The molecule has 0 amide bonds. The number of aromatic nitrogens is 1. The second kappa shape index (κ2) is 6.41. The van der Waals surface area contributed by atoms with Crippen LogP contribution in [0.25, 0.3) is 0 Å². The van der Waals surface area contributed by atoms with E-state index in [0.717, 1.165) is 30.3 Å². The molecule has 0 aliphatic heterocycles. The van der Waals surface area contributed by atoms with Crippen LogP contribution in [0, 0.1) is 11.3 Å². The van der Waals surface area contributed by atoms with E-state index >= 15 is 0 Å². The first-order chi connectivity index (χ1) is 9.31. The van der Waals surface area contributed by atoms with Gasteiger partial charge in [-0.05, 0) is 42.8 Å². The van der Waals surface area contributed by atoms with Gasteiger partial charge in [0.25, 0.3) is 0 Å². The van der Waals surface area contributed by atoms with E-state index in [0.29, 0.717) is 5.56 Å². The number of benzene rings is 1. The molecular formula is C15H16N4. The highest BCUT2D eigenvalue weighted by atomic mass is 15.1. The molecule has 1 heterocycles. The van der Waals surface area contributed by atoms with Crippen LogP contribution in [-0.2, 0) is 0 Å². The van der Waals surface area contributed by atoms with Gasteiger partial charge in [0.15, 0.2) is 0 Å². The van der Waals surface area contributed by atoms with Crippen molar-refractivity contribution in [2.45, 2.75) is 13.3 Å². The molecule has 19 heavy (non-hydrogen) atoms. The lowest BCUT2D eigenvalue weighted by Crippen LogP contribution is -2.03. The zero-order chi connectivity index (χ0) is 13.5. The Balaban J connectivity index is 2.07. The first kappa shape index (κ1) is 12.9. The minimum Gasteiger partial charge on any atom is -0.370 e. The monoisotopic (exact) mass is 252 g/mol. The molecule has 0 saturated heterocycles. The van der Waals surface area contributed by atoms with Gasteiger partial charge in [-0.3, -0.25) is 0 Å². The molecule has 2 N–H and O–H groups in total. The first-order valence-electron chi connectivity index (χ1n) is 6.30. The maximum absolute atomic E-state index is 8.75. The quantitative estimate of drug-likeness (QED) is 0.854. The first-order valence-corrected chi connectivity index (χ1v) is 6.30. The summed E-state index contributed by atoms with van der Waals surface area (Å²) in [6.45, 7) is 3.03. The lowest BCUT2D eigenvalue weighted by atomic mass is 10.2. The van der Waals surface area contributed by atoms with Crippen LogP contribution in [0.15, 0.2) is 42.5 Å². The van der Waals surface area contributed by atoms with Crippen LogP contribution >= 0.6 is 0 Å². The van der Waals surface area contributed by atoms with Crippen molar-refractivity contribution in [3.8, 4) is 6.07 Å². The van der Waals surface area contributed by atoms with Gasteiger partial charge in [-0.15, -0.1) is 0 Å². The van der Waals surface area contributed by atoms with E-state index in [-0.39, 0.29) is 0 Å². The van der Waals surface area contributed by atoms with Crippen molar-refractivity contribution in [1.29, 1.82) is 5.26 Å². The summed E-state index contributed by atoms with van der Waals surface area (Å²) in [5, 5.41) is 15.2. The number of nitrogens with zero attached hydrogens (tertiary/aromatic N) is 2. The maximum atomic E-state index is 8.75. The molecule has 96 valence electrons. The van der Waals surface area contributed by atoms with Crippen molar-refractivity contribution in [3.05, 3.63) is 48.0 Å². The second-order valence-corrected chi connectivity index (χ2v) is 4.15. The summed E-state index contributed by atoms with van der Waals surface area (Å²) in [6, 6.07) is 15.2. The molecule has 1 aromatic carbocycles. The van der Waals surface area contributed by atoms with E-state index < -0.39 is 0 Å².